The average molecular weight is 210 g/mol. The molecule has 2 heteroatoms. The van der Waals surface area contributed by atoms with Gasteiger partial charge < -0.3 is 10.6 Å². The molecule has 2 N–H and O–H groups in total. The van der Waals surface area contributed by atoms with Crippen molar-refractivity contribution >= 4 is 0 Å². The summed E-state index contributed by atoms with van der Waals surface area (Å²) in [5.41, 5.74) is 6.11. The lowest BCUT2D eigenvalue weighted by Gasteiger charge is -2.45. The molecule has 2 aliphatic rings. The van der Waals surface area contributed by atoms with E-state index in [4.69, 9.17) is 5.73 Å². The number of hydrogen-bond donors (Lipinski definition) is 1. The van der Waals surface area contributed by atoms with Crippen LogP contribution in [0.25, 0.3) is 0 Å². The monoisotopic (exact) mass is 210 g/mol. The third-order valence-corrected chi connectivity index (χ3v) is 4.28. The lowest BCUT2D eigenvalue weighted by molar-refractivity contribution is 0.0533. The number of unbranched alkanes of at least 4 members (excludes halogenated alkanes) is 1. The van der Waals surface area contributed by atoms with Crippen LogP contribution in [0.3, 0.4) is 0 Å². The van der Waals surface area contributed by atoms with E-state index >= 15 is 0 Å². The van der Waals surface area contributed by atoms with Gasteiger partial charge in [0.25, 0.3) is 0 Å². The van der Waals surface area contributed by atoms with Crippen molar-refractivity contribution in [1.29, 1.82) is 0 Å². The zero-order valence-corrected chi connectivity index (χ0v) is 10.1. The van der Waals surface area contributed by atoms with Crippen molar-refractivity contribution in [2.75, 3.05) is 13.1 Å². The van der Waals surface area contributed by atoms with Crippen molar-refractivity contribution in [3.63, 3.8) is 0 Å². The Kier molecular flexibility index (Phi) is 4.04. The van der Waals surface area contributed by atoms with E-state index in [1.165, 1.54) is 58.0 Å². The maximum absolute atomic E-state index is 6.11. The van der Waals surface area contributed by atoms with Crippen molar-refractivity contribution in [1.82, 2.24) is 4.90 Å². The number of piperidine rings is 1. The molecule has 1 saturated carbocycles. The molecule has 0 bridgehead atoms. The normalized spacial score (nSPS) is 37.6. The van der Waals surface area contributed by atoms with Gasteiger partial charge in [-0.3, -0.25) is 0 Å². The van der Waals surface area contributed by atoms with Gasteiger partial charge >= 0.3 is 0 Å². The van der Waals surface area contributed by atoms with Crippen molar-refractivity contribution in [2.24, 2.45) is 11.7 Å². The number of likely N-dealkylation sites (tertiary alicyclic amines) is 1. The van der Waals surface area contributed by atoms with E-state index in [1.807, 2.05) is 0 Å². The summed E-state index contributed by atoms with van der Waals surface area (Å²) in [4.78, 5) is 2.73. The molecule has 0 amide bonds. The van der Waals surface area contributed by atoms with Crippen LogP contribution in [0.5, 0.6) is 0 Å². The highest BCUT2D eigenvalue weighted by Crippen LogP contribution is 2.34. The van der Waals surface area contributed by atoms with Crippen LogP contribution in [0.2, 0.25) is 0 Å². The molecule has 0 unspecified atom stereocenters. The van der Waals surface area contributed by atoms with Crippen LogP contribution in [0.15, 0.2) is 0 Å². The number of rotatable bonds is 3. The second-order valence-corrected chi connectivity index (χ2v) is 5.43. The van der Waals surface area contributed by atoms with Crippen molar-refractivity contribution in [2.45, 2.75) is 64.0 Å². The second kappa shape index (κ2) is 5.31. The van der Waals surface area contributed by atoms with Crippen LogP contribution in [-0.2, 0) is 0 Å². The molecule has 15 heavy (non-hydrogen) atoms. The topological polar surface area (TPSA) is 29.3 Å². The van der Waals surface area contributed by atoms with Crippen LogP contribution in [0.1, 0.15) is 51.9 Å². The van der Waals surface area contributed by atoms with E-state index in [2.05, 4.69) is 11.8 Å². The van der Waals surface area contributed by atoms with Crippen LogP contribution < -0.4 is 5.73 Å². The van der Waals surface area contributed by atoms with Gasteiger partial charge in [-0.25, -0.2) is 0 Å². The van der Waals surface area contributed by atoms with E-state index < -0.39 is 0 Å². The minimum atomic E-state index is 0.480. The molecule has 0 aromatic rings. The Balaban J connectivity index is 1.91. The van der Waals surface area contributed by atoms with E-state index in [0.29, 0.717) is 6.04 Å². The molecule has 0 spiro atoms. The summed E-state index contributed by atoms with van der Waals surface area (Å²) in [6.07, 6.45) is 9.46. The Hall–Kier alpha value is -0.0800. The van der Waals surface area contributed by atoms with Gasteiger partial charge in [-0.1, -0.05) is 13.3 Å². The summed E-state index contributed by atoms with van der Waals surface area (Å²) in [7, 11) is 0. The molecule has 1 saturated heterocycles. The molecular weight excluding hydrogens is 184 g/mol. The first kappa shape index (κ1) is 11.4. The zero-order chi connectivity index (χ0) is 10.7. The molecule has 1 aliphatic carbocycles. The fourth-order valence-electron chi connectivity index (χ4n) is 3.39. The third-order valence-electron chi connectivity index (χ3n) is 4.28. The second-order valence-electron chi connectivity index (χ2n) is 5.43. The predicted octanol–water partition coefficient (Wildman–Crippen LogP) is 2.38. The number of nitrogens with zero attached hydrogens (tertiary/aromatic N) is 1. The molecule has 0 aromatic heterocycles. The molecule has 2 fully saturated rings. The van der Waals surface area contributed by atoms with Gasteiger partial charge in [0.1, 0.15) is 0 Å². The van der Waals surface area contributed by atoms with Crippen LogP contribution >= 0.6 is 0 Å². The smallest absolute Gasteiger partial charge is 0.0138 e. The molecule has 88 valence electrons. The van der Waals surface area contributed by atoms with Crippen LogP contribution in [0.4, 0.5) is 0 Å². The lowest BCUT2D eigenvalue weighted by Crippen LogP contribution is -2.51. The summed E-state index contributed by atoms with van der Waals surface area (Å²) >= 11 is 0. The van der Waals surface area contributed by atoms with Gasteiger partial charge in [0.2, 0.25) is 0 Å². The predicted molar refractivity (Wildman–Crippen MR) is 64.8 cm³/mol. The summed E-state index contributed by atoms with van der Waals surface area (Å²) in [5.74, 6) is 0.968. The van der Waals surface area contributed by atoms with Crippen LogP contribution in [-0.4, -0.2) is 30.1 Å². The van der Waals surface area contributed by atoms with Gasteiger partial charge in [0.15, 0.2) is 0 Å². The summed E-state index contributed by atoms with van der Waals surface area (Å²) in [5, 5.41) is 0. The number of hydrogen-bond acceptors (Lipinski definition) is 2. The molecule has 2 nitrogen and oxygen atoms in total. The molecule has 0 aromatic carbocycles. The molecule has 0 radical (unpaired) electrons. The average Bonchev–Trinajstić information content (AvgIpc) is 2.26. The lowest BCUT2D eigenvalue weighted by atomic mass is 9.76. The van der Waals surface area contributed by atoms with Crippen molar-refractivity contribution in [3.05, 3.63) is 0 Å². The molecule has 1 aliphatic heterocycles. The van der Waals surface area contributed by atoms with E-state index in [-0.39, 0.29) is 0 Å². The largest absolute Gasteiger partial charge is 0.328 e. The Morgan fingerprint density at radius 1 is 1.27 bits per heavy atom. The van der Waals surface area contributed by atoms with Gasteiger partial charge in [0.05, 0.1) is 0 Å². The quantitative estimate of drug-likeness (QED) is 0.775. The fraction of sp³-hybridized carbons (Fsp3) is 1.00. The zero-order valence-electron chi connectivity index (χ0n) is 10.1. The highest BCUT2D eigenvalue weighted by Gasteiger charge is 2.35. The van der Waals surface area contributed by atoms with Gasteiger partial charge in [-0.15, -0.1) is 0 Å². The Labute approximate surface area is 94.2 Å². The third kappa shape index (κ3) is 2.73. The first-order valence-corrected chi connectivity index (χ1v) is 6.81. The van der Waals surface area contributed by atoms with E-state index in [0.717, 1.165) is 12.0 Å². The number of fused-ring (bicyclic) bond motifs is 1. The molecular formula is C13H26N2. The summed E-state index contributed by atoms with van der Waals surface area (Å²) in [6.45, 7) is 4.92. The standard InChI is InChI=1S/C13H26N2/c1-2-3-8-15-9-4-5-11-6-7-12(14)10-13(11)15/h11-13H,2-10,14H2,1H3/t11-,12+,13-/m0/s1. The highest BCUT2D eigenvalue weighted by molar-refractivity contribution is 4.91. The van der Waals surface area contributed by atoms with Crippen molar-refractivity contribution in [3.8, 4) is 0 Å². The Bertz CT molecular complexity index is 193. The van der Waals surface area contributed by atoms with E-state index in [1.54, 1.807) is 0 Å². The SMILES string of the molecule is CCCCN1CCC[C@H]2CC[C@@H](N)C[C@@H]21. The van der Waals surface area contributed by atoms with Gasteiger partial charge in [0, 0.05) is 12.1 Å². The fourth-order valence-corrected chi connectivity index (χ4v) is 3.39. The summed E-state index contributed by atoms with van der Waals surface area (Å²) < 4.78 is 0. The van der Waals surface area contributed by atoms with Gasteiger partial charge in [-0.2, -0.15) is 0 Å². The summed E-state index contributed by atoms with van der Waals surface area (Å²) in [6, 6.07) is 1.31. The van der Waals surface area contributed by atoms with Crippen molar-refractivity contribution < 1.29 is 0 Å². The molecule has 3 atom stereocenters. The Morgan fingerprint density at radius 3 is 2.93 bits per heavy atom. The van der Waals surface area contributed by atoms with Crippen LogP contribution in [0, 0.1) is 5.92 Å². The Morgan fingerprint density at radius 2 is 2.13 bits per heavy atom. The highest BCUT2D eigenvalue weighted by atomic mass is 15.2. The van der Waals surface area contributed by atoms with E-state index in [9.17, 15) is 0 Å². The maximum atomic E-state index is 6.11. The maximum Gasteiger partial charge on any atom is 0.0138 e. The minimum absolute atomic E-state index is 0.480. The first-order chi connectivity index (χ1) is 7.31. The minimum Gasteiger partial charge on any atom is -0.328 e. The first-order valence-electron chi connectivity index (χ1n) is 6.81. The molecule has 2 rings (SSSR count). The van der Waals surface area contributed by atoms with Gasteiger partial charge in [-0.05, 0) is 57.5 Å². The molecule has 1 heterocycles. The number of nitrogens with two attached hydrogens (primary N) is 1.